The molecule has 1 amide bonds. The van der Waals surface area contributed by atoms with E-state index in [9.17, 15) is 22.8 Å². The van der Waals surface area contributed by atoms with Gasteiger partial charge in [-0.15, -0.1) is 0 Å². The Kier molecular flexibility index (Phi) is 6.33. The summed E-state index contributed by atoms with van der Waals surface area (Å²) in [6.07, 6.45) is 1.68. The van der Waals surface area contributed by atoms with E-state index in [2.05, 4.69) is 15.3 Å². The molecule has 0 bridgehead atoms. The van der Waals surface area contributed by atoms with Gasteiger partial charge in [0.15, 0.2) is 5.69 Å². The van der Waals surface area contributed by atoms with Crippen LogP contribution in [0.2, 0.25) is 0 Å². The molecular formula is C21H24F3N5O3. The molecule has 2 fully saturated rings. The van der Waals surface area contributed by atoms with Gasteiger partial charge in [0.25, 0.3) is 11.9 Å². The summed E-state index contributed by atoms with van der Waals surface area (Å²) >= 11 is 0. The summed E-state index contributed by atoms with van der Waals surface area (Å²) in [5, 5.41) is 2.41. The van der Waals surface area contributed by atoms with Gasteiger partial charge >= 0.3 is 6.18 Å². The molecule has 32 heavy (non-hydrogen) atoms. The third-order valence-electron chi connectivity index (χ3n) is 5.78. The highest BCUT2D eigenvalue weighted by Gasteiger charge is 2.42. The Morgan fingerprint density at radius 3 is 2.41 bits per heavy atom. The van der Waals surface area contributed by atoms with Gasteiger partial charge in [0, 0.05) is 32.1 Å². The minimum atomic E-state index is -4.82. The van der Waals surface area contributed by atoms with Crippen LogP contribution in [0.3, 0.4) is 0 Å². The number of alkyl halides is 3. The normalized spacial score (nSPS) is 18.0. The number of pyridine rings is 1. The van der Waals surface area contributed by atoms with E-state index in [1.165, 1.54) is 6.20 Å². The number of carbonyl (C=O) groups is 2. The van der Waals surface area contributed by atoms with Gasteiger partial charge in [-0.3, -0.25) is 4.79 Å². The number of amides is 1. The third-order valence-corrected chi connectivity index (χ3v) is 5.78. The Morgan fingerprint density at radius 2 is 1.81 bits per heavy atom. The first kappa shape index (κ1) is 22.1. The summed E-state index contributed by atoms with van der Waals surface area (Å²) in [4.78, 5) is 35.0. The molecule has 0 radical (unpaired) electrons. The summed E-state index contributed by atoms with van der Waals surface area (Å²) in [5.74, 6) is -1.16. The van der Waals surface area contributed by atoms with Crippen molar-refractivity contribution in [1.82, 2.24) is 9.97 Å². The molecule has 0 atom stereocenters. The first-order valence-corrected chi connectivity index (χ1v) is 10.7. The Morgan fingerprint density at radius 1 is 1.09 bits per heavy atom. The van der Waals surface area contributed by atoms with Crippen LogP contribution in [0.15, 0.2) is 22.7 Å². The van der Waals surface area contributed by atoms with Gasteiger partial charge < -0.3 is 24.3 Å². The predicted molar refractivity (Wildman–Crippen MR) is 111 cm³/mol. The molecule has 0 aliphatic carbocycles. The molecule has 2 saturated heterocycles. The first-order valence-electron chi connectivity index (χ1n) is 10.7. The molecule has 1 N–H and O–H groups in total. The molecule has 0 aromatic carbocycles. The van der Waals surface area contributed by atoms with Crippen LogP contribution in [-0.2, 0) is 11.0 Å². The lowest BCUT2D eigenvalue weighted by atomic mass is 9.99. The van der Waals surface area contributed by atoms with E-state index < -0.39 is 23.5 Å². The number of rotatable bonds is 5. The van der Waals surface area contributed by atoms with Gasteiger partial charge in [0.05, 0.1) is 11.9 Å². The number of hydrogen-bond acceptors (Lipinski definition) is 7. The number of halogens is 3. The molecule has 172 valence electrons. The highest BCUT2D eigenvalue weighted by atomic mass is 19.4. The zero-order chi connectivity index (χ0) is 22.7. The third kappa shape index (κ3) is 4.86. The molecule has 0 unspecified atom stereocenters. The highest BCUT2D eigenvalue weighted by Crippen LogP contribution is 2.35. The van der Waals surface area contributed by atoms with Gasteiger partial charge in [-0.25, -0.2) is 4.98 Å². The molecule has 4 rings (SSSR count). The van der Waals surface area contributed by atoms with Crippen LogP contribution in [0.4, 0.5) is 30.7 Å². The number of aldehydes is 1. The van der Waals surface area contributed by atoms with Crippen LogP contribution in [0, 0.1) is 5.92 Å². The number of nitrogens with one attached hydrogen (secondary N) is 1. The lowest BCUT2D eigenvalue weighted by molar-refractivity contribution is -0.141. The molecule has 2 aromatic rings. The second-order valence-corrected chi connectivity index (χ2v) is 8.04. The summed E-state index contributed by atoms with van der Waals surface area (Å²) < 4.78 is 45.7. The second-order valence-electron chi connectivity index (χ2n) is 8.04. The number of nitrogens with zero attached hydrogens (tertiary/aromatic N) is 4. The van der Waals surface area contributed by atoms with E-state index >= 15 is 0 Å². The number of anilines is 3. The molecule has 8 nitrogen and oxygen atoms in total. The summed E-state index contributed by atoms with van der Waals surface area (Å²) in [5.41, 5.74) is -1.09. The standard InChI is InChI=1S/C21H24F3N5O3/c22-21(23,24)18-17(32-20(27-18)29-8-2-1-3-9-29)19(31)26-15-4-5-16(25-12-15)28-10-6-14(13-30)7-11-28/h4-5,12-14H,1-3,6-11H2,(H,26,31). The maximum atomic E-state index is 13.5. The Labute approximate surface area is 182 Å². The number of oxazole rings is 1. The van der Waals surface area contributed by atoms with Crippen molar-refractivity contribution in [3.63, 3.8) is 0 Å². The quantitative estimate of drug-likeness (QED) is 0.693. The first-order chi connectivity index (χ1) is 15.3. The average molecular weight is 451 g/mol. The summed E-state index contributed by atoms with van der Waals surface area (Å²) in [6, 6.07) is 3.07. The van der Waals surface area contributed by atoms with Crippen molar-refractivity contribution in [1.29, 1.82) is 0 Å². The Balaban J connectivity index is 1.47. The Bertz CT molecular complexity index is 947. The SMILES string of the molecule is O=CC1CCN(c2ccc(NC(=O)c3oc(N4CCCCC4)nc3C(F)(F)F)cn2)CC1. The van der Waals surface area contributed by atoms with Crippen LogP contribution < -0.4 is 15.1 Å². The molecule has 2 aliphatic rings. The van der Waals surface area contributed by atoms with Crippen molar-refractivity contribution in [3.8, 4) is 0 Å². The average Bonchev–Trinajstić information content (AvgIpc) is 3.27. The number of hydrogen-bond donors (Lipinski definition) is 1. The molecule has 11 heteroatoms. The van der Waals surface area contributed by atoms with Crippen molar-refractivity contribution >= 4 is 29.7 Å². The van der Waals surface area contributed by atoms with Gasteiger partial charge in [0.2, 0.25) is 5.76 Å². The molecule has 0 spiro atoms. The van der Waals surface area contributed by atoms with E-state index in [0.717, 1.165) is 38.4 Å². The van der Waals surface area contributed by atoms with Crippen LogP contribution in [-0.4, -0.2) is 48.3 Å². The van der Waals surface area contributed by atoms with Crippen molar-refractivity contribution in [2.75, 3.05) is 41.3 Å². The van der Waals surface area contributed by atoms with Gasteiger partial charge in [-0.2, -0.15) is 18.2 Å². The molecule has 2 aromatic heterocycles. The lowest BCUT2D eigenvalue weighted by Gasteiger charge is -2.30. The van der Waals surface area contributed by atoms with E-state index in [1.807, 2.05) is 4.90 Å². The predicted octanol–water partition coefficient (Wildman–Crippen LogP) is 3.75. The molecule has 0 saturated carbocycles. The number of aromatic nitrogens is 2. The van der Waals surface area contributed by atoms with E-state index in [-0.39, 0.29) is 17.6 Å². The van der Waals surface area contributed by atoms with Crippen LogP contribution in [0.25, 0.3) is 0 Å². The minimum absolute atomic E-state index is 0.0596. The van der Waals surface area contributed by atoms with E-state index in [4.69, 9.17) is 4.42 Å². The van der Waals surface area contributed by atoms with Crippen molar-refractivity contribution in [2.45, 2.75) is 38.3 Å². The van der Waals surface area contributed by atoms with Crippen molar-refractivity contribution < 1.29 is 27.2 Å². The number of carbonyl (C=O) groups excluding carboxylic acids is 2. The zero-order valence-corrected chi connectivity index (χ0v) is 17.4. The van der Waals surface area contributed by atoms with E-state index in [1.54, 1.807) is 17.0 Å². The maximum absolute atomic E-state index is 13.5. The summed E-state index contributed by atoms with van der Waals surface area (Å²) in [6.45, 7) is 2.45. The van der Waals surface area contributed by atoms with Crippen molar-refractivity contribution in [2.24, 2.45) is 5.92 Å². The van der Waals surface area contributed by atoms with Crippen LogP contribution >= 0.6 is 0 Å². The fraction of sp³-hybridized carbons (Fsp3) is 0.524. The monoisotopic (exact) mass is 451 g/mol. The van der Waals surface area contributed by atoms with Gasteiger partial charge in [0.1, 0.15) is 12.1 Å². The summed E-state index contributed by atoms with van der Waals surface area (Å²) in [7, 11) is 0. The largest absolute Gasteiger partial charge is 0.437 e. The van der Waals surface area contributed by atoms with Crippen LogP contribution in [0.5, 0.6) is 0 Å². The highest BCUT2D eigenvalue weighted by molar-refractivity contribution is 6.03. The fourth-order valence-corrected chi connectivity index (χ4v) is 3.97. The van der Waals surface area contributed by atoms with E-state index in [0.29, 0.717) is 32.0 Å². The van der Waals surface area contributed by atoms with Gasteiger partial charge in [-0.1, -0.05) is 0 Å². The number of piperidine rings is 2. The Hall–Kier alpha value is -3.11. The molecule has 4 heterocycles. The molecular weight excluding hydrogens is 427 g/mol. The maximum Gasteiger partial charge on any atom is 0.437 e. The zero-order valence-electron chi connectivity index (χ0n) is 17.4. The molecule has 2 aliphatic heterocycles. The second kappa shape index (κ2) is 9.17. The minimum Gasteiger partial charge on any atom is -0.417 e. The topological polar surface area (TPSA) is 91.6 Å². The van der Waals surface area contributed by atoms with Gasteiger partial charge in [-0.05, 0) is 44.2 Å². The smallest absolute Gasteiger partial charge is 0.417 e. The van der Waals surface area contributed by atoms with Crippen LogP contribution in [0.1, 0.15) is 48.4 Å². The lowest BCUT2D eigenvalue weighted by Crippen LogP contribution is -2.34. The van der Waals surface area contributed by atoms with Crippen molar-refractivity contribution in [3.05, 3.63) is 29.8 Å². The fourth-order valence-electron chi connectivity index (χ4n) is 3.97.